The molecule has 1 unspecified atom stereocenters. The van der Waals surface area contributed by atoms with Crippen LogP contribution in [0.4, 0.5) is 5.95 Å². The van der Waals surface area contributed by atoms with Crippen molar-refractivity contribution in [2.45, 2.75) is 31.8 Å². The molecule has 0 aliphatic carbocycles. The Kier molecular flexibility index (Phi) is 5.52. The van der Waals surface area contributed by atoms with E-state index < -0.39 is 0 Å². The van der Waals surface area contributed by atoms with Crippen molar-refractivity contribution in [1.29, 1.82) is 0 Å². The number of likely N-dealkylation sites (tertiary alicyclic amines) is 1. The van der Waals surface area contributed by atoms with E-state index in [2.05, 4.69) is 36.3 Å². The minimum absolute atomic E-state index is 0.157. The van der Waals surface area contributed by atoms with E-state index in [1.807, 2.05) is 41.8 Å². The summed E-state index contributed by atoms with van der Waals surface area (Å²) in [6, 6.07) is 9.68. The quantitative estimate of drug-likeness (QED) is 0.559. The molecule has 7 nitrogen and oxygen atoms in total. The monoisotopic (exact) mass is 445 g/mol. The van der Waals surface area contributed by atoms with E-state index in [0.717, 1.165) is 35.9 Å². The first kappa shape index (κ1) is 19.2. The molecule has 8 heteroatoms. The van der Waals surface area contributed by atoms with Gasteiger partial charge in [-0.25, -0.2) is 0 Å². The maximum atomic E-state index is 10.3. The van der Waals surface area contributed by atoms with Crippen molar-refractivity contribution in [3.63, 3.8) is 0 Å². The van der Waals surface area contributed by atoms with E-state index in [0.29, 0.717) is 17.2 Å². The summed E-state index contributed by atoms with van der Waals surface area (Å²) in [6.07, 6.45) is 4.08. The zero-order chi connectivity index (χ0) is 19.7. The third kappa shape index (κ3) is 3.72. The average Bonchev–Trinajstić information content (AvgIpc) is 3.19. The van der Waals surface area contributed by atoms with Crippen LogP contribution in [0, 0.1) is 0 Å². The largest absolute Gasteiger partial charge is 0.507 e. The van der Waals surface area contributed by atoms with Crippen LogP contribution in [0.25, 0.3) is 16.8 Å². The summed E-state index contributed by atoms with van der Waals surface area (Å²) in [7, 11) is 0. The van der Waals surface area contributed by atoms with Crippen molar-refractivity contribution in [3.8, 4) is 17.0 Å². The topological polar surface area (TPSA) is 85.9 Å². The van der Waals surface area contributed by atoms with Crippen molar-refractivity contribution >= 4 is 27.4 Å². The van der Waals surface area contributed by atoms with Crippen molar-refractivity contribution in [2.75, 3.05) is 25.0 Å². The number of hydrogen-bond acceptors (Lipinski definition) is 6. The molecule has 0 spiro atoms. The van der Waals surface area contributed by atoms with Crippen LogP contribution >= 0.6 is 15.9 Å². The van der Waals surface area contributed by atoms with Gasteiger partial charge in [-0.2, -0.15) is 0 Å². The van der Waals surface area contributed by atoms with Gasteiger partial charge in [-0.15, -0.1) is 10.2 Å². The highest BCUT2D eigenvalue weighted by atomic mass is 79.9. The van der Waals surface area contributed by atoms with Crippen LogP contribution in [-0.4, -0.2) is 61.5 Å². The van der Waals surface area contributed by atoms with E-state index in [9.17, 15) is 10.2 Å². The predicted octanol–water partition coefficient (Wildman–Crippen LogP) is 3.12. The van der Waals surface area contributed by atoms with Gasteiger partial charge < -0.3 is 15.5 Å². The number of anilines is 1. The molecule has 3 heterocycles. The van der Waals surface area contributed by atoms with Gasteiger partial charge in [-0.1, -0.05) is 15.9 Å². The number of aromatic hydroxyl groups is 1. The van der Waals surface area contributed by atoms with E-state index >= 15 is 0 Å². The first-order valence-electron chi connectivity index (χ1n) is 9.51. The normalized spacial score (nSPS) is 19.0. The predicted molar refractivity (Wildman–Crippen MR) is 113 cm³/mol. The van der Waals surface area contributed by atoms with Crippen LogP contribution in [0.1, 0.15) is 19.8 Å². The van der Waals surface area contributed by atoms with Gasteiger partial charge in [0.05, 0.1) is 12.1 Å². The SMILES string of the molecule is CC(CO)N1CCC[C@@H](Nc2nnc(-c3ccc(Br)cc3O)c3cccn23)C1. The number of piperidine rings is 1. The molecule has 2 aromatic heterocycles. The number of nitrogens with zero attached hydrogens (tertiary/aromatic N) is 4. The van der Waals surface area contributed by atoms with Gasteiger partial charge in [0.25, 0.3) is 0 Å². The van der Waals surface area contributed by atoms with Crippen LogP contribution in [0.5, 0.6) is 5.75 Å². The molecule has 1 saturated heterocycles. The summed E-state index contributed by atoms with van der Waals surface area (Å²) in [5.74, 6) is 0.845. The van der Waals surface area contributed by atoms with Gasteiger partial charge in [0.2, 0.25) is 5.95 Å². The fourth-order valence-electron chi connectivity index (χ4n) is 3.77. The zero-order valence-electron chi connectivity index (χ0n) is 15.7. The second-order valence-corrected chi connectivity index (χ2v) is 8.22. The maximum absolute atomic E-state index is 10.3. The second kappa shape index (κ2) is 8.06. The Bertz CT molecular complexity index is 976. The molecule has 1 aliphatic rings. The number of hydrogen-bond donors (Lipinski definition) is 3. The zero-order valence-corrected chi connectivity index (χ0v) is 17.3. The van der Waals surface area contributed by atoms with E-state index in [-0.39, 0.29) is 24.4 Å². The van der Waals surface area contributed by atoms with Crippen molar-refractivity contribution < 1.29 is 10.2 Å². The highest BCUT2D eigenvalue weighted by molar-refractivity contribution is 9.10. The molecule has 2 atom stereocenters. The lowest BCUT2D eigenvalue weighted by molar-refractivity contribution is 0.110. The van der Waals surface area contributed by atoms with Gasteiger partial charge in [-0.05, 0) is 56.6 Å². The van der Waals surface area contributed by atoms with Gasteiger partial charge in [0.1, 0.15) is 11.4 Å². The van der Waals surface area contributed by atoms with Crippen LogP contribution in [0.3, 0.4) is 0 Å². The molecule has 0 amide bonds. The van der Waals surface area contributed by atoms with Gasteiger partial charge in [0.15, 0.2) is 0 Å². The first-order chi connectivity index (χ1) is 13.6. The molecule has 0 saturated carbocycles. The lowest BCUT2D eigenvalue weighted by atomic mass is 10.0. The molecule has 1 aliphatic heterocycles. The number of phenolic OH excluding ortho intramolecular Hbond substituents is 1. The Morgan fingerprint density at radius 3 is 2.96 bits per heavy atom. The number of phenols is 1. The molecule has 1 fully saturated rings. The van der Waals surface area contributed by atoms with Gasteiger partial charge in [0, 0.05) is 34.9 Å². The van der Waals surface area contributed by atoms with Crippen molar-refractivity contribution in [3.05, 3.63) is 41.0 Å². The second-order valence-electron chi connectivity index (χ2n) is 7.31. The molecule has 1 aromatic carbocycles. The van der Waals surface area contributed by atoms with Crippen LogP contribution < -0.4 is 5.32 Å². The van der Waals surface area contributed by atoms with Gasteiger partial charge >= 0.3 is 0 Å². The standard InChI is InChI=1S/C20H24BrN5O2/c1-13(12-27)25-8-2-4-15(11-25)22-20-24-23-19(17-5-3-9-26(17)20)16-7-6-14(21)10-18(16)28/h3,5-7,9-10,13,15,27-28H,2,4,8,11-12H2,1H3,(H,22,24)/t13?,15-/m1/s1. The fraction of sp³-hybridized carbons (Fsp3) is 0.400. The number of rotatable bonds is 5. The third-order valence-corrected chi connectivity index (χ3v) is 5.85. The lowest BCUT2D eigenvalue weighted by Crippen LogP contribution is -2.47. The number of benzene rings is 1. The molecule has 0 radical (unpaired) electrons. The molecule has 3 N–H and O–H groups in total. The Hall–Kier alpha value is -2.16. The molecule has 148 valence electrons. The minimum atomic E-state index is 0.157. The summed E-state index contributed by atoms with van der Waals surface area (Å²) in [6.45, 7) is 4.08. The number of aliphatic hydroxyl groups is 1. The molecular formula is C20H24BrN5O2. The summed E-state index contributed by atoms with van der Waals surface area (Å²) in [4.78, 5) is 2.30. The van der Waals surface area contributed by atoms with E-state index in [4.69, 9.17) is 0 Å². The number of fused-ring (bicyclic) bond motifs is 1. The summed E-state index contributed by atoms with van der Waals surface area (Å²) in [5.41, 5.74) is 2.16. The molecule has 0 bridgehead atoms. The van der Waals surface area contributed by atoms with Crippen molar-refractivity contribution in [1.82, 2.24) is 19.5 Å². The maximum Gasteiger partial charge on any atom is 0.228 e. The summed E-state index contributed by atoms with van der Waals surface area (Å²) < 4.78 is 2.78. The van der Waals surface area contributed by atoms with Crippen LogP contribution in [-0.2, 0) is 0 Å². The molecule has 28 heavy (non-hydrogen) atoms. The Morgan fingerprint density at radius 1 is 1.32 bits per heavy atom. The number of aliphatic hydroxyl groups excluding tert-OH is 1. The Morgan fingerprint density at radius 2 is 2.18 bits per heavy atom. The van der Waals surface area contributed by atoms with Crippen LogP contribution in [0.2, 0.25) is 0 Å². The van der Waals surface area contributed by atoms with Crippen molar-refractivity contribution in [2.24, 2.45) is 0 Å². The Balaban J connectivity index is 1.62. The smallest absolute Gasteiger partial charge is 0.228 e. The lowest BCUT2D eigenvalue weighted by Gasteiger charge is -2.36. The molecular weight excluding hydrogens is 422 g/mol. The Labute approximate surface area is 172 Å². The molecule has 3 aromatic rings. The van der Waals surface area contributed by atoms with Gasteiger partial charge in [-0.3, -0.25) is 9.30 Å². The van der Waals surface area contributed by atoms with E-state index in [1.165, 1.54) is 0 Å². The van der Waals surface area contributed by atoms with Crippen LogP contribution in [0.15, 0.2) is 41.0 Å². The number of halogens is 1. The summed E-state index contributed by atoms with van der Waals surface area (Å²) >= 11 is 3.37. The third-order valence-electron chi connectivity index (χ3n) is 5.35. The minimum Gasteiger partial charge on any atom is -0.507 e. The highest BCUT2D eigenvalue weighted by Crippen LogP contribution is 2.33. The average molecular weight is 446 g/mol. The van der Waals surface area contributed by atoms with E-state index in [1.54, 1.807) is 6.07 Å². The highest BCUT2D eigenvalue weighted by Gasteiger charge is 2.24. The fourth-order valence-corrected chi connectivity index (χ4v) is 4.12. The first-order valence-corrected chi connectivity index (χ1v) is 10.3. The number of aromatic nitrogens is 3. The molecule has 4 rings (SSSR count). The number of nitrogens with one attached hydrogen (secondary N) is 1. The summed E-state index contributed by atoms with van der Waals surface area (Å²) in [5, 5.41) is 32.1.